The van der Waals surface area contributed by atoms with E-state index in [9.17, 15) is 13.2 Å². The van der Waals surface area contributed by atoms with Crippen molar-refractivity contribution < 1.29 is 22.7 Å². The number of carbonyl (C=O) groups excluding carboxylic acids is 1. The number of amides is 1. The topological polar surface area (TPSA) is 84.9 Å². The minimum atomic E-state index is -3.96. The normalized spacial score (nSPS) is 11.0. The van der Waals surface area contributed by atoms with Crippen LogP contribution in [0.5, 0.6) is 5.75 Å². The summed E-state index contributed by atoms with van der Waals surface area (Å²) in [5.41, 5.74) is 0.310. The molecule has 0 saturated heterocycles. The molecule has 0 unspecified atom stereocenters. The maximum absolute atomic E-state index is 13.2. The van der Waals surface area contributed by atoms with Crippen molar-refractivity contribution in [3.05, 3.63) is 54.6 Å². The van der Waals surface area contributed by atoms with Gasteiger partial charge in [0.1, 0.15) is 12.3 Å². The van der Waals surface area contributed by atoms with Gasteiger partial charge in [0, 0.05) is 13.7 Å². The molecule has 0 aliphatic rings. The molecule has 27 heavy (non-hydrogen) atoms. The van der Waals surface area contributed by atoms with Crippen molar-refractivity contribution in [2.45, 2.75) is 11.8 Å². The number of hydrogen-bond donors (Lipinski definition) is 1. The second-order valence-electron chi connectivity index (χ2n) is 5.57. The Bertz CT molecular complexity index is 840. The molecule has 1 amide bonds. The highest BCUT2D eigenvalue weighted by atomic mass is 32.2. The zero-order valence-electron chi connectivity index (χ0n) is 15.4. The van der Waals surface area contributed by atoms with Crippen LogP contribution >= 0.6 is 0 Å². The molecule has 8 heteroatoms. The lowest BCUT2D eigenvalue weighted by Gasteiger charge is -2.26. The summed E-state index contributed by atoms with van der Waals surface area (Å²) in [6, 6.07) is 14.7. The predicted molar refractivity (Wildman–Crippen MR) is 103 cm³/mol. The number of para-hydroxylation sites is 2. The van der Waals surface area contributed by atoms with E-state index in [0.29, 0.717) is 31.2 Å². The van der Waals surface area contributed by atoms with E-state index in [0.717, 1.165) is 4.31 Å². The number of methoxy groups -OCH3 is 1. The van der Waals surface area contributed by atoms with Crippen molar-refractivity contribution in [2.75, 3.05) is 37.7 Å². The fourth-order valence-corrected chi connectivity index (χ4v) is 3.89. The van der Waals surface area contributed by atoms with Crippen molar-refractivity contribution in [3.8, 4) is 5.75 Å². The Morgan fingerprint density at radius 1 is 1.07 bits per heavy atom. The van der Waals surface area contributed by atoms with Gasteiger partial charge >= 0.3 is 0 Å². The lowest BCUT2D eigenvalue weighted by Crippen LogP contribution is -2.41. The molecule has 0 spiro atoms. The van der Waals surface area contributed by atoms with Crippen LogP contribution in [0.4, 0.5) is 5.69 Å². The largest absolute Gasteiger partial charge is 0.492 e. The summed E-state index contributed by atoms with van der Waals surface area (Å²) in [5.74, 6) is -0.0398. The van der Waals surface area contributed by atoms with E-state index in [-0.39, 0.29) is 11.4 Å². The van der Waals surface area contributed by atoms with E-state index in [4.69, 9.17) is 9.47 Å². The van der Waals surface area contributed by atoms with Crippen molar-refractivity contribution in [2.24, 2.45) is 0 Å². The molecule has 2 aromatic rings. The van der Waals surface area contributed by atoms with Crippen LogP contribution in [0, 0.1) is 0 Å². The zero-order chi connectivity index (χ0) is 19.7. The number of anilines is 1. The second-order valence-corrected chi connectivity index (χ2v) is 7.43. The number of hydrogen-bond acceptors (Lipinski definition) is 5. The van der Waals surface area contributed by atoms with Crippen LogP contribution in [0.25, 0.3) is 0 Å². The van der Waals surface area contributed by atoms with Crippen molar-refractivity contribution >= 4 is 21.6 Å². The van der Waals surface area contributed by atoms with E-state index in [2.05, 4.69) is 5.32 Å². The highest BCUT2D eigenvalue weighted by molar-refractivity contribution is 7.92. The Morgan fingerprint density at radius 3 is 2.41 bits per heavy atom. The molecule has 0 atom stereocenters. The highest BCUT2D eigenvalue weighted by Crippen LogP contribution is 2.32. The van der Waals surface area contributed by atoms with Crippen molar-refractivity contribution in [1.82, 2.24) is 5.32 Å². The first kappa shape index (κ1) is 20.7. The molecule has 0 aliphatic carbocycles. The van der Waals surface area contributed by atoms with Crippen molar-refractivity contribution in [3.63, 3.8) is 0 Å². The summed E-state index contributed by atoms with van der Waals surface area (Å²) < 4.78 is 38.0. The quantitative estimate of drug-likeness (QED) is 0.626. The summed E-state index contributed by atoms with van der Waals surface area (Å²) in [4.78, 5) is 12.4. The Labute approximate surface area is 160 Å². The van der Waals surface area contributed by atoms with Crippen LogP contribution in [0.15, 0.2) is 59.5 Å². The highest BCUT2D eigenvalue weighted by Gasteiger charge is 2.29. The van der Waals surface area contributed by atoms with Gasteiger partial charge in [-0.1, -0.05) is 30.3 Å². The van der Waals surface area contributed by atoms with E-state index in [1.165, 1.54) is 19.2 Å². The first-order valence-electron chi connectivity index (χ1n) is 8.56. The number of sulfonamides is 1. The van der Waals surface area contributed by atoms with Crippen LogP contribution in [-0.2, 0) is 19.6 Å². The Hall–Kier alpha value is -2.58. The monoisotopic (exact) mass is 392 g/mol. The number of benzene rings is 2. The van der Waals surface area contributed by atoms with Crippen LogP contribution in [0.3, 0.4) is 0 Å². The molecule has 2 aromatic carbocycles. The molecular weight excluding hydrogens is 368 g/mol. The molecule has 146 valence electrons. The third-order valence-corrected chi connectivity index (χ3v) is 5.45. The van der Waals surface area contributed by atoms with Gasteiger partial charge in [0.25, 0.3) is 10.0 Å². The summed E-state index contributed by atoms with van der Waals surface area (Å²) in [5, 5.41) is 2.65. The zero-order valence-corrected chi connectivity index (χ0v) is 16.2. The summed E-state index contributed by atoms with van der Waals surface area (Å²) >= 11 is 0. The third kappa shape index (κ3) is 5.45. The average molecular weight is 392 g/mol. The van der Waals surface area contributed by atoms with Crippen LogP contribution in [0.1, 0.15) is 6.92 Å². The number of nitrogens with one attached hydrogen (secondary N) is 1. The van der Waals surface area contributed by atoms with E-state index in [1.807, 2.05) is 6.92 Å². The molecule has 2 rings (SSSR count). The maximum Gasteiger partial charge on any atom is 0.264 e. The molecule has 7 nitrogen and oxygen atoms in total. The minimum Gasteiger partial charge on any atom is -0.492 e. The van der Waals surface area contributed by atoms with Gasteiger partial charge < -0.3 is 14.8 Å². The predicted octanol–water partition coefficient (Wildman–Crippen LogP) is 2.04. The molecule has 0 radical (unpaired) electrons. The van der Waals surface area contributed by atoms with Crippen molar-refractivity contribution in [1.29, 1.82) is 0 Å². The molecule has 0 heterocycles. The van der Waals surface area contributed by atoms with Gasteiger partial charge in [0.05, 0.1) is 23.8 Å². The van der Waals surface area contributed by atoms with Gasteiger partial charge in [-0.3, -0.25) is 9.10 Å². The maximum atomic E-state index is 13.2. The smallest absolute Gasteiger partial charge is 0.264 e. The van der Waals surface area contributed by atoms with E-state index >= 15 is 0 Å². The standard InChI is InChI=1S/C19H24N2O5S/c1-3-26-18-12-8-7-11-17(18)21(15-19(22)20-13-14-25-2)27(23,24)16-9-5-4-6-10-16/h4-12H,3,13-15H2,1-2H3,(H,20,22). The number of rotatable bonds is 10. The summed E-state index contributed by atoms with van der Waals surface area (Å²) in [6.45, 7) is 2.44. The van der Waals surface area contributed by atoms with Gasteiger partial charge in [-0.2, -0.15) is 0 Å². The second kappa shape index (κ2) is 9.94. The molecule has 0 saturated carbocycles. The molecule has 0 aliphatic heterocycles. The van der Waals surface area contributed by atoms with Crippen LogP contribution in [0.2, 0.25) is 0 Å². The average Bonchev–Trinajstić information content (AvgIpc) is 2.68. The first-order chi connectivity index (χ1) is 13.0. The number of ether oxygens (including phenoxy) is 2. The van der Waals surface area contributed by atoms with Gasteiger partial charge in [-0.25, -0.2) is 8.42 Å². The van der Waals surface area contributed by atoms with Crippen LogP contribution in [-0.4, -0.2) is 47.7 Å². The molecule has 0 fully saturated rings. The van der Waals surface area contributed by atoms with Gasteiger partial charge in [-0.15, -0.1) is 0 Å². The Kier molecular flexibility index (Phi) is 7.63. The van der Waals surface area contributed by atoms with Gasteiger partial charge in [0.2, 0.25) is 5.91 Å². The Morgan fingerprint density at radius 2 is 1.74 bits per heavy atom. The van der Waals surface area contributed by atoms with Gasteiger partial charge in [-0.05, 0) is 31.2 Å². The molecular formula is C19H24N2O5S. The molecule has 0 bridgehead atoms. The fraction of sp³-hybridized carbons (Fsp3) is 0.316. The van der Waals surface area contributed by atoms with Crippen LogP contribution < -0.4 is 14.4 Å². The summed E-state index contributed by atoms with van der Waals surface area (Å²) in [6.07, 6.45) is 0. The Balaban J connectivity index is 2.42. The van der Waals surface area contributed by atoms with Gasteiger partial charge in [0.15, 0.2) is 0 Å². The lowest BCUT2D eigenvalue weighted by molar-refractivity contribution is -0.119. The molecule has 0 aromatic heterocycles. The molecule has 1 N–H and O–H groups in total. The minimum absolute atomic E-state index is 0.0981. The van der Waals surface area contributed by atoms with E-state index in [1.54, 1.807) is 42.5 Å². The number of carbonyl (C=O) groups is 1. The first-order valence-corrected chi connectivity index (χ1v) is 10.00. The SMILES string of the molecule is CCOc1ccccc1N(CC(=O)NCCOC)S(=O)(=O)c1ccccc1. The number of nitrogens with zero attached hydrogens (tertiary/aromatic N) is 1. The fourth-order valence-electron chi connectivity index (χ4n) is 2.44. The summed E-state index contributed by atoms with van der Waals surface area (Å²) in [7, 11) is -2.43. The third-order valence-electron chi connectivity index (χ3n) is 3.68. The van der Waals surface area contributed by atoms with E-state index < -0.39 is 15.9 Å². The lowest BCUT2D eigenvalue weighted by atomic mass is 10.3.